The highest BCUT2D eigenvalue weighted by Crippen LogP contribution is 2.10. The molecule has 1 N–H and O–H groups in total. The molecule has 0 bridgehead atoms. The Balaban J connectivity index is 3.61. The Bertz CT molecular complexity index is 433. The van der Waals surface area contributed by atoms with Crippen LogP contribution in [0.1, 0.15) is 78.1 Å². The van der Waals surface area contributed by atoms with Crippen LogP contribution in [0.5, 0.6) is 0 Å². The summed E-state index contributed by atoms with van der Waals surface area (Å²) in [6.07, 6.45) is 13.0. The average molecular weight is 384 g/mol. The van der Waals surface area contributed by atoms with Crippen molar-refractivity contribution in [1.82, 2.24) is 5.32 Å². The Morgan fingerprint density at radius 3 is 1.96 bits per heavy atom. The van der Waals surface area contributed by atoms with Crippen molar-refractivity contribution in [3.63, 3.8) is 0 Å². The van der Waals surface area contributed by atoms with Crippen LogP contribution in [-0.4, -0.2) is 56.7 Å². The number of esters is 1. The van der Waals surface area contributed by atoms with Crippen molar-refractivity contribution < 1.29 is 18.8 Å². The smallest absolute Gasteiger partial charge is 0.333 e. The minimum atomic E-state index is -0.375. The van der Waals surface area contributed by atoms with E-state index in [1.54, 1.807) is 6.92 Å². The van der Waals surface area contributed by atoms with E-state index >= 15 is 0 Å². The Labute approximate surface area is 167 Å². The van der Waals surface area contributed by atoms with Crippen LogP contribution in [0, 0.1) is 0 Å². The highest BCUT2D eigenvalue weighted by atomic mass is 16.5. The molecule has 0 spiro atoms. The molecule has 0 atom stereocenters. The van der Waals surface area contributed by atoms with E-state index in [-0.39, 0.29) is 11.9 Å². The number of nitrogens with one attached hydrogen (secondary N) is 1. The van der Waals surface area contributed by atoms with Crippen LogP contribution in [0.3, 0.4) is 0 Å². The predicted molar refractivity (Wildman–Crippen MR) is 112 cm³/mol. The van der Waals surface area contributed by atoms with Gasteiger partial charge in [-0.1, -0.05) is 71.3 Å². The fourth-order valence-electron chi connectivity index (χ4n) is 2.87. The number of unbranched alkanes of at least 4 members (excludes halogenated alkanes) is 9. The van der Waals surface area contributed by atoms with Crippen LogP contribution in [-0.2, 0) is 14.3 Å². The Kier molecular flexibility index (Phi) is 14.9. The predicted octanol–water partition coefficient (Wildman–Crippen LogP) is 4.22. The van der Waals surface area contributed by atoms with Gasteiger partial charge in [-0.3, -0.25) is 4.79 Å². The minimum Gasteiger partial charge on any atom is -0.456 e. The van der Waals surface area contributed by atoms with E-state index in [4.69, 9.17) is 4.74 Å². The number of amides is 1. The van der Waals surface area contributed by atoms with Crippen LogP contribution in [0.25, 0.3) is 0 Å². The van der Waals surface area contributed by atoms with Gasteiger partial charge in [0.05, 0.1) is 14.1 Å². The minimum absolute atomic E-state index is 0.0575. The molecule has 0 radical (unpaired) electrons. The first kappa shape index (κ1) is 25.6. The maximum atomic E-state index is 12.1. The lowest BCUT2D eigenvalue weighted by molar-refractivity contribution is -0.882. The van der Waals surface area contributed by atoms with Gasteiger partial charge in [0, 0.05) is 12.1 Å². The van der Waals surface area contributed by atoms with Crippen molar-refractivity contribution in [2.24, 2.45) is 0 Å². The second-order valence-corrected chi connectivity index (χ2v) is 8.27. The third kappa shape index (κ3) is 16.5. The van der Waals surface area contributed by atoms with E-state index in [2.05, 4.69) is 18.8 Å². The molecular formula is C22H43N2O3+. The molecule has 0 rings (SSSR count). The zero-order valence-electron chi connectivity index (χ0n) is 18.3. The zero-order valence-corrected chi connectivity index (χ0v) is 18.3. The Morgan fingerprint density at radius 2 is 1.44 bits per heavy atom. The molecule has 5 nitrogen and oxygen atoms in total. The molecule has 0 aromatic rings. The van der Waals surface area contributed by atoms with Gasteiger partial charge in [-0.15, -0.1) is 0 Å². The van der Waals surface area contributed by atoms with Crippen molar-refractivity contribution in [3.8, 4) is 0 Å². The van der Waals surface area contributed by atoms with Crippen LogP contribution < -0.4 is 5.32 Å². The van der Waals surface area contributed by atoms with E-state index in [0.717, 1.165) is 13.0 Å². The van der Waals surface area contributed by atoms with Gasteiger partial charge >= 0.3 is 5.97 Å². The Hall–Kier alpha value is -1.36. The second-order valence-electron chi connectivity index (χ2n) is 8.27. The lowest BCUT2D eigenvalue weighted by Crippen LogP contribution is -2.49. The summed E-state index contributed by atoms with van der Waals surface area (Å²) in [6, 6.07) is 0. The monoisotopic (exact) mass is 383 g/mol. The number of rotatable bonds is 17. The van der Waals surface area contributed by atoms with Crippen LogP contribution in [0.4, 0.5) is 0 Å². The quantitative estimate of drug-likeness (QED) is 0.177. The van der Waals surface area contributed by atoms with E-state index < -0.39 is 0 Å². The lowest BCUT2D eigenvalue weighted by Gasteiger charge is -2.28. The molecule has 0 heterocycles. The first-order valence-electron chi connectivity index (χ1n) is 10.7. The van der Waals surface area contributed by atoms with Crippen LogP contribution in [0.2, 0.25) is 0 Å². The molecule has 0 fully saturated rings. The van der Waals surface area contributed by atoms with Crippen molar-refractivity contribution in [3.05, 3.63) is 12.2 Å². The van der Waals surface area contributed by atoms with Crippen molar-refractivity contribution >= 4 is 11.9 Å². The van der Waals surface area contributed by atoms with Gasteiger partial charge < -0.3 is 14.5 Å². The normalized spacial score (nSPS) is 11.3. The van der Waals surface area contributed by atoms with E-state index in [9.17, 15) is 9.59 Å². The lowest BCUT2D eigenvalue weighted by atomic mass is 10.1. The molecule has 0 saturated carbocycles. The van der Waals surface area contributed by atoms with Gasteiger partial charge in [0.1, 0.15) is 13.2 Å². The number of likely N-dealkylation sites (N-methyl/N-ethyl adjacent to an activating group) is 1. The number of hydrogen-bond acceptors (Lipinski definition) is 3. The van der Waals surface area contributed by atoms with Gasteiger partial charge in [0.25, 0.3) is 5.91 Å². The topological polar surface area (TPSA) is 55.4 Å². The highest BCUT2D eigenvalue weighted by Gasteiger charge is 2.20. The maximum Gasteiger partial charge on any atom is 0.333 e. The number of nitrogens with zero attached hydrogens (tertiary/aromatic N) is 1. The molecule has 158 valence electrons. The molecule has 0 aliphatic carbocycles. The summed E-state index contributed by atoms with van der Waals surface area (Å²) in [5.41, 5.74) is 0.398. The Morgan fingerprint density at radius 1 is 0.926 bits per heavy atom. The fourth-order valence-corrected chi connectivity index (χ4v) is 2.87. The van der Waals surface area contributed by atoms with Crippen molar-refractivity contribution in [2.45, 2.75) is 78.1 Å². The number of quaternary nitrogens is 1. The molecule has 0 saturated heterocycles. The SMILES string of the molecule is C=C(C)C(=O)OCC[N+](C)(C)CC(=O)NCCCCCCCCCCCC. The number of carbonyl (C=O) groups excluding carboxylic acids is 2. The first-order chi connectivity index (χ1) is 12.8. The summed E-state index contributed by atoms with van der Waals surface area (Å²) in [5.74, 6) is -0.317. The summed E-state index contributed by atoms with van der Waals surface area (Å²) in [6.45, 7) is 9.47. The summed E-state index contributed by atoms with van der Waals surface area (Å²) in [4.78, 5) is 23.4. The van der Waals surface area contributed by atoms with Crippen LogP contribution in [0.15, 0.2) is 12.2 Å². The number of ether oxygens (including phenoxy) is 1. The molecule has 5 heteroatoms. The fraction of sp³-hybridized carbons (Fsp3) is 0.818. The summed E-state index contributed by atoms with van der Waals surface area (Å²) in [7, 11) is 3.93. The maximum absolute atomic E-state index is 12.1. The third-order valence-corrected chi connectivity index (χ3v) is 4.70. The van der Waals surface area contributed by atoms with Gasteiger partial charge in [-0.05, 0) is 13.3 Å². The van der Waals surface area contributed by atoms with Gasteiger partial charge in [0.2, 0.25) is 0 Å². The zero-order chi connectivity index (χ0) is 20.5. The summed E-state index contributed by atoms with van der Waals surface area (Å²) in [5, 5.41) is 3.01. The highest BCUT2D eigenvalue weighted by molar-refractivity contribution is 5.86. The summed E-state index contributed by atoms with van der Waals surface area (Å²) < 4.78 is 5.60. The van der Waals surface area contributed by atoms with E-state index in [1.807, 2.05) is 14.1 Å². The number of hydrogen-bond donors (Lipinski definition) is 1. The summed E-state index contributed by atoms with van der Waals surface area (Å²) >= 11 is 0. The first-order valence-corrected chi connectivity index (χ1v) is 10.7. The standard InChI is InChI=1S/C22H42N2O3/c1-6-7-8-9-10-11-12-13-14-15-16-23-21(25)19-24(4,5)17-18-27-22(26)20(2)3/h2,6-19H2,1,3-5H3/p+1. The molecule has 0 unspecified atom stereocenters. The molecule has 27 heavy (non-hydrogen) atoms. The molecule has 0 aliphatic rings. The molecule has 1 amide bonds. The van der Waals surface area contributed by atoms with Crippen molar-refractivity contribution in [1.29, 1.82) is 0 Å². The van der Waals surface area contributed by atoms with E-state index in [1.165, 1.54) is 57.8 Å². The number of carbonyl (C=O) groups is 2. The van der Waals surface area contributed by atoms with E-state index in [0.29, 0.717) is 29.8 Å². The average Bonchev–Trinajstić information content (AvgIpc) is 2.58. The van der Waals surface area contributed by atoms with Gasteiger partial charge in [-0.25, -0.2) is 4.79 Å². The molecule has 0 aromatic carbocycles. The molecule has 0 aliphatic heterocycles. The van der Waals surface area contributed by atoms with Gasteiger partial charge in [0.15, 0.2) is 6.54 Å². The van der Waals surface area contributed by atoms with Crippen LogP contribution >= 0.6 is 0 Å². The van der Waals surface area contributed by atoms with Crippen molar-refractivity contribution in [2.75, 3.05) is 40.3 Å². The molecule has 0 aromatic heterocycles. The largest absolute Gasteiger partial charge is 0.456 e. The van der Waals surface area contributed by atoms with Gasteiger partial charge in [-0.2, -0.15) is 0 Å². The third-order valence-electron chi connectivity index (χ3n) is 4.70. The second kappa shape index (κ2) is 15.7. The molecular weight excluding hydrogens is 340 g/mol.